The Bertz CT molecular complexity index is 1850. The predicted octanol–water partition coefficient (Wildman–Crippen LogP) is 11.4. The molecule has 0 saturated heterocycles. The molecule has 0 unspecified atom stereocenters. The van der Waals surface area contributed by atoms with Gasteiger partial charge in [0.2, 0.25) is 0 Å². The SMILES string of the molecule is C(=C\P(c1ccccc1)c1ccccc1)/P(c1ccccc1)c1ccccc1.C(=C\P(c1ccccc1)c1ccccc1)/P(c1ccccc1)c1ccccc1.[Ni+2]. The van der Waals surface area contributed by atoms with Gasteiger partial charge >= 0.3 is 16.5 Å². The molecule has 0 spiro atoms. The van der Waals surface area contributed by atoms with E-state index in [-0.39, 0.29) is 16.5 Å². The van der Waals surface area contributed by atoms with Crippen molar-refractivity contribution in [1.82, 2.24) is 0 Å². The van der Waals surface area contributed by atoms with Gasteiger partial charge in [0, 0.05) is 0 Å². The molecule has 0 atom stereocenters. The van der Waals surface area contributed by atoms with Crippen LogP contribution in [0.4, 0.5) is 0 Å². The number of hydrogen-bond donors (Lipinski definition) is 0. The molecule has 0 aliphatic rings. The van der Waals surface area contributed by atoms with Crippen molar-refractivity contribution < 1.29 is 16.5 Å². The van der Waals surface area contributed by atoms with E-state index in [0.29, 0.717) is 0 Å². The second-order valence-electron chi connectivity index (χ2n) is 12.8. The second kappa shape index (κ2) is 23.0. The van der Waals surface area contributed by atoms with Crippen LogP contribution in [0.1, 0.15) is 0 Å². The smallest absolute Gasteiger partial charge is 0.0622 e. The van der Waals surface area contributed by atoms with Crippen LogP contribution in [0.5, 0.6) is 0 Å². The van der Waals surface area contributed by atoms with Crippen molar-refractivity contribution in [2.24, 2.45) is 0 Å². The van der Waals surface area contributed by atoms with Crippen LogP contribution in [0.3, 0.4) is 0 Å². The molecule has 8 aromatic carbocycles. The molecule has 0 nitrogen and oxygen atoms in total. The normalized spacial score (nSPS) is 11.2. The van der Waals surface area contributed by atoms with Gasteiger partial charge in [-0.25, -0.2) is 0 Å². The molecule has 0 aliphatic heterocycles. The average molecular weight is 852 g/mol. The monoisotopic (exact) mass is 850 g/mol. The quantitative estimate of drug-likeness (QED) is 0.0849. The summed E-state index contributed by atoms with van der Waals surface area (Å²) in [5.74, 6) is 9.80. The summed E-state index contributed by atoms with van der Waals surface area (Å²) >= 11 is 0. The van der Waals surface area contributed by atoms with Gasteiger partial charge in [0.25, 0.3) is 0 Å². The molecule has 0 aliphatic carbocycles. The van der Waals surface area contributed by atoms with E-state index in [2.05, 4.69) is 266 Å². The average Bonchev–Trinajstić information content (AvgIpc) is 3.29. The van der Waals surface area contributed by atoms with E-state index in [9.17, 15) is 0 Å². The minimum absolute atomic E-state index is 0. The summed E-state index contributed by atoms with van der Waals surface area (Å²) in [4.78, 5) is 0. The summed E-state index contributed by atoms with van der Waals surface area (Å²) in [6.07, 6.45) is 0. The van der Waals surface area contributed by atoms with Gasteiger partial charge < -0.3 is 0 Å². The van der Waals surface area contributed by atoms with Crippen molar-refractivity contribution in [3.8, 4) is 0 Å². The maximum absolute atomic E-state index is 2.45. The van der Waals surface area contributed by atoms with Gasteiger partial charge in [0.1, 0.15) is 0 Å². The summed E-state index contributed by atoms with van der Waals surface area (Å²) < 4.78 is 0. The van der Waals surface area contributed by atoms with Crippen molar-refractivity contribution >= 4 is 74.1 Å². The minimum atomic E-state index is -0.528. The zero-order valence-electron chi connectivity index (χ0n) is 31.5. The topological polar surface area (TPSA) is 0 Å². The maximum Gasteiger partial charge on any atom is 2.00 e. The number of benzene rings is 8. The molecule has 8 aromatic rings. The largest absolute Gasteiger partial charge is 2.00 e. The van der Waals surface area contributed by atoms with E-state index < -0.39 is 31.7 Å². The van der Waals surface area contributed by atoms with Gasteiger partial charge in [-0.2, -0.15) is 0 Å². The third kappa shape index (κ3) is 12.2. The van der Waals surface area contributed by atoms with Crippen LogP contribution in [0.25, 0.3) is 0 Å². The fourth-order valence-electron chi connectivity index (χ4n) is 6.26. The maximum atomic E-state index is 2.45. The zero-order valence-corrected chi connectivity index (χ0v) is 36.1. The first-order valence-electron chi connectivity index (χ1n) is 18.8. The first kappa shape index (κ1) is 42.1. The van der Waals surface area contributed by atoms with E-state index >= 15 is 0 Å². The van der Waals surface area contributed by atoms with Gasteiger partial charge in [0.15, 0.2) is 0 Å². The van der Waals surface area contributed by atoms with Crippen LogP contribution >= 0.6 is 31.7 Å². The molecule has 0 bridgehead atoms. The van der Waals surface area contributed by atoms with Crippen molar-refractivity contribution in [2.75, 3.05) is 0 Å². The summed E-state index contributed by atoms with van der Waals surface area (Å²) in [7, 11) is -2.11. The van der Waals surface area contributed by atoms with E-state index in [1.165, 1.54) is 42.4 Å². The molecule has 0 N–H and O–H groups in total. The Morgan fingerprint density at radius 1 is 0.175 bits per heavy atom. The summed E-state index contributed by atoms with van der Waals surface area (Å²) in [5, 5.41) is 11.1. The Hall–Kier alpha value is -4.55. The molecule has 0 fully saturated rings. The van der Waals surface area contributed by atoms with Crippen LogP contribution < -0.4 is 42.4 Å². The van der Waals surface area contributed by atoms with Gasteiger partial charge in [-0.3, -0.25) is 0 Å². The van der Waals surface area contributed by atoms with E-state index in [4.69, 9.17) is 0 Å². The summed E-state index contributed by atoms with van der Waals surface area (Å²) in [5.41, 5.74) is 0. The fourth-order valence-corrected chi connectivity index (χ4v) is 14.9. The molecule has 0 amide bonds. The molecular weight excluding hydrogens is 807 g/mol. The minimum Gasteiger partial charge on any atom is -0.0622 e. The van der Waals surface area contributed by atoms with Gasteiger partial charge in [0.05, 0.1) is 0 Å². The van der Waals surface area contributed by atoms with Crippen molar-refractivity contribution in [3.63, 3.8) is 0 Å². The molecule has 0 aromatic heterocycles. The van der Waals surface area contributed by atoms with Gasteiger partial charge in [-0.15, -0.1) is 0 Å². The third-order valence-electron chi connectivity index (χ3n) is 9.00. The summed E-state index contributed by atoms with van der Waals surface area (Å²) in [6, 6.07) is 86.9. The number of rotatable bonds is 12. The zero-order chi connectivity index (χ0) is 38.0. The molecule has 0 heterocycles. The Morgan fingerprint density at radius 3 is 0.386 bits per heavy atom. The second-order valence-corrected chi connectivity index (χ2v) is 21.0. The van der Waals surface area contributed by atoms with Gasteiger partial charge in [-0.1, -0.05) is 266 Å². The predicted molar refractivity (Wildman–Crippen MR) is 255 cm³/mol. The van der Waals surface area contributed by atoms with Crippen LogP contribution in [-0.4, -0.2) is 0 Å². The molecule has 5 heteroatoms. The number of hydrogen-bond acceptors (Lipinski definition) is 0. The Balaban J connectivity index is 0.000000189. The first-order chi connectivity index (χ1) is 27.8. The molecular formula is C52H44NiP4+2. The first-order valence-corrected chi connectivity index (χ1v) is 24.4. The molecule has 0 saturated carbocycles. The van der Waals surface area contributed by atoms with E-state index in [1.54, 1.807) is 0 Å². The molecule has 57 heavy (non-hydrogen) atoms. The van der Waals surface area contributed by atoms with Crippen LogP contribution in [0.15, 0.2) is 266 Å². The van der Waals surface area contributed by atoms with Crippen molar-refractivity contribution in [2.45, 2.75) is 0 Å². The molecule has 8 rings (SSSR count). The summed E-state index contributed by atoms with van der Waals surface area (Å²) in [6.45, 7) is 0. The Morgan fingerprint density at radius 2 is 0.281 bits per heavy atom. The van der Waals surface area contributed by atoms with Crippen LogP contribution in [0.2, 0.25) is 0 Å². The van der Waals surface area contributed by atoms with Crippen molar-refractivity contribution in [1.29, 1.82) is 0 Å². The van der Waals surface area contributed by atoms with Crippen LogP contribution in [0, 0.1) is 0 Å². The van der Waals surface area contributed by atoms with E-state index in [0.717, 1.165) is 0 Å². The standard InChI is InChI=1S/2C26H22P2.Ni/c2*1-5-13-23(14-6-1)27(24-15-7-2-8-16-24)21-22-28(25-17-9-3-10-18-25)26-19-11-4-12-20-26;/h2*1-22H;/q;;+2/b2*22-21+;. The van der Waals surface area contributed by atoms with Crippen LogP contribution in [-0.2, 0) is 16.5 Å². The fraction of sp³-hybridized carbons (Fsp3) is 0. The van der Waals surface area contributed by atoms with Gasteiger partial charge in [-0.05, 0) is 74.1 Å². The van der Waals surface area contributed by atoms with Crippen molar-refractivity contribution in [3.05, 3.63) is 266 Å². The Labute approximate surface area is 354 Å². The molecule has 280 valence electrons. The molecule has 0 radical (unpaired) electrons. The van der Waals surface area contributed by atoms with E-state index in [1.807, 2.05) is 0 Å². The Kier molecular flexibility index (Phi) is 17.0. The third-order valence-corrected chi connectivity index (χ3v) is 18.1.